The Hall–Kier alpha value is -2.10. The number of hydrogen-bond acceptors (Lipinski definition) is 3. The number of nitrogens with zero attached hydrogens (tertiary/aromatic N) is 1. The van der Waals surface area contributed by atoms with Gasteiger partial charge in [0.25, 0.3) is 0 Å². The number of benzene rings is 2. The Kier molecular flexibility index (Phi) is 2.25. The fraction of sp³-hybridized carbons (Fsp3) is 0.0909. The van der Waals surface area contributed by atoms with E-state index in [0.717, 1.165) is 10.8 Å². The maximum atomic E-state index is 10.7. The molecule has 0 saturated carbocycles. The van der Waals surface area contributed by atoms with E-state index in [1.54, 1.807) is 12.1 Å². The molecule has 4 heteroatoms. The average Bonchev–Trinajstić information content (AvgIpc) is 2.27. The molecule has 2 rings (SSSR count). The third-order valence-corrected chi connectivity index (χ3v) is 2.26. The number of rotatable bonds is 2. The molecule has 15 heavy (non-hydrogen) atoms. The highest BCUT2D eigenvalue weighted by atomic mass is 16.6. The second kappa shape index (κ2) is 3.57. The molecule has 0 aliphatic heterocycles. The van der Waals surface area contributed by atoms with Crippen molar-refractivity contribution in [2.24, 2.45) is 0 Å². The number of nitro groups is 1. The van der Waals surface area contributed by atoms with E-state index in [-0.39, 0.29) is 5.69 Å². The van der Waals surface area contributed by atoms with Crippen molar-refractivity contribution in [3.8, 4) is 5.75 Å². The van der Waals surface area contributed by atoms with Gasteiger partial charge in [0.2, 0.25) is 5.75 Å². The Balaban J connectivity index is 2.81. The first-order valence-corrected chi connectivity index (χ1v) is 4.44. The summed E-state index contributed by atoms with van der Waals surface area (Å²) < 4.78 is 5.08. The van der Waals surface area contributed by atoms with E-state index in [2.05, 4.69) is 0 Å². The molecule has 2 aromatic rings. The zero-order valence-corrected chi connectivity index (χ0v) is 8.14. The van der Waals surface area contributed by atoms with Gasteiger partial charge in [0.1, 0.15) is 0 Å². The number of hydrogen-bond donors (Lipinski definition) is 0. The van der Waals surface area contributed by atoms with Crippen molar-refractivity contribution >= 4 is 16.5 Å². The van der Waals surface area contributed by atoms with E-state index in [4.69, 9.17) is 4.74 Å². The average molecular weight is 203 g/mol. The van der Waals surface area contributed by atoms with Crippen LogP contribution in [-0.2, 0) is 0 Å². The summed E-state index contributed by atoms with van der Waals surface area (Å²) in [5.41, 5.74) is -0.00352. The van der Waals surface area contributed by atoms with Gasteiger partial charge in [-0.15, -0.1) is 0 Å². The molecule has 0 aromatic heterocycles. The normalized spacial score (nSPS) is 10.2. The summed E-state index contributed by atoms with van der Waals surface area (Å²) >= 11 is 0. The molecule has 0 amide bonds. The van der Waals surface area contributed by atoms with Crippen LogP contribution in [0.3, 0.4) is 0 Å². The van der Waals surface area contributed by atoms with Gasteiger partial charge < -0.3 is 4.74 Å². The Bertz CT molecular complexity index is 522. The zero-order valence-electron chi connectivity index (χ0n) is 8.14. The quantitative estimate of drug-likeness (QED) is 0.557. The number of nitro benzene ring substituents is 1. The summed E-state index contributed by atoms with van der Waals surface area (Å²) in [4.78, 5) is 10.3. The molecular formula is C11H9NO3. The number of fused-ring (bicyclic) bond motifs is 1. The minimum Gasteiger partial charge on any atom is -0.490 e. The fourth-order valence-electron chi connectivity index (χ4n) is 1.59. The lowest BCUT2D eigenvalue weighted by Gasteiger charge is -2.05. The Labute approximate surface area is 86.2 Å². The van der Waals surface area contributed by atoms with Gasteiger partial charge in [0, 0.05) is 11.5 Å². The van der Waals surface area contributed by atoms with Gasteiger partial charge in [-0.3, -0.25) is 10.1 Å². The second-order valence-corrected chi connectivity index (χ2v) is 3.10. The van der Waals surface area contributed by atoms with Crippen LogP contribution in [0.4, 0.5) is 5.69 Å². The van der Waals surface area contributed by atoms with Gasteiger partial charge in [0.15, 0.2) is 0 Å². The number of methoxy groups -OCH3 is 1. The summed E-state index contributed by atoms with van der Waals surface area (Å²) in [5, 5.41) is 12.4. The highest BCUT2D eigenvalue weighted by Gasteiger charge is 2.16. The lowest BCUT2D eigenvalue weighted by molar-refractivity contribution is -0.385. The predicted octanol–water partition coefficient (Wildman–Crippen LogP) is 2.76. The molecule has 0 fully saturated rings. The second-order valence-electron chi connectivity index (χ2n) is 3.10. The molecule has 0 spiro atoms. The Morgan fingerprint density at radius 1 is 1.20 bits per heavy atom. The van der Waals surface area contributed by atoms with Crippen molar-refractivity contribution in [1.29, 1.82) is 0 Å². The van der Waals surface area contributed by atoms with Crippen LogP contribution in [0.1, 0.15) is 0 Å². The molecule has 0 heterocycles. The molecule has 0 radical (unpaired) electrons. The Morgan fingerprint density at radius 2 is 1.93 bits per heavy atom. The molecule has 0 atom stereocenters. The molecule has 0 unspecified atom stereocenters. The van der Waals surface area contributed by atoms with E-state index >= 15 is 0 Å². The maximum absolute atomic E-state index is 10.7. The third kappa shape index (κ3) is 1.50. The van der Waals surface area contributed by atoms with E-state index in [9.17, 15) is 10.1 Å². The first-order valence-electron chi connectivity index (χ1n) is 4.44. The SMILES string of the molecule is COc1c([N+](=O)[O-])ccc2ccccc12. The summed E-state index contributed by atoms with van der Waals surface area (Å²) in [6.45, 7) is 0. The van der Waals surface area contributed by atoms with Crippen LogP contribution >= 0.6 is 0 Å². The molecular weight excluding hydrogens is 194 g/mol. The van der Waals surface area contributed by atoms with Crippen LogP contribution in [0.15, 0.2) is 36.4 Å². The van der Waals surface area contributed by atoms with Crippen LogP contribution in [-0.4, -0.2) is 12.0 Å². The lowest BCUT2D eigenvalue weighted by Crippen LogP contribution is -1.94. The van der Waals surface area contributed by atoms with Crippen LogP contribution in [0.5, 0.6) is 5.75 Å². The van der Waals surface area contributed by atoms with Gasteiger partial charge in [-0.25, -0.2) is 0 Å². The van der Waals surface area contributed by atoms with E-state index in [0.29, 0.717) is 5.75 Å². The highest BCUT2D eigenvalue weighted by Crippen LogP contribution is 2.34. The van der Waals surface area contributed by atoms with Gasteiger partial charge in [-0.05, 0) is 11.5 Å². The molecule has 0 aliphatic rings. The molecule has 0 bridgehead atoms. The van der Waals surface area contributed by atoms with Gasteiger partial charge in [-0.2, -0.15) is 0 Å². The topological polar surface area (TPSA) is 52.4 Å². The first kappa shape index (κ1) is 9.45. The van der Waals surface area contributed by atoms with Crippen LogP contribution in [0.25, 0.3) is 10.8 Å². The smallest absolute Gasteiger partial charge is 0.311 e. The molecule has 0 N–H and O–H groups in total. The molecule has 2 aromatic carbocycles. The van der Waals surface area contributed by atoms with Crippen molar-refractivity contribution in [2.75, 3.05) is 7.11 Å². The highest BCUT2D eigenvalue weighted by molar-refractivity contribution is 5.91. The summed E-state index contributed by atoms with van der Waals surface area (Å²) in [6.07, 6.45) is 0. The van der Waals surface area contributed by atoms with Crippen molar-refractivity contribution in [1.82, 2.24) is 0 Å². The minimum atomic E-state index is -0.439. The van der Waals surface area contributed by atoms with Crippen LogP contribution in [0.2, 0.25) is 0 Å². The fourth-order valence-corrected chi connectivity index (χ4v) is 1.59. The van der Waals surface area contributed by atoms with Gasteiger partial charge >= 0.3 is 5.69 Å². The maximum Gasteiger partial charge on any atom is 0.311 e. The lowest BCUT2D eigenvalue weighted by atomic mass is 10.1. The van der Waals surface area contributed by atoms with Gasteiger partial charge in [-0.1, -0.05) is 24.3 Å². The zero-order chi connectivity index (χ0) is 10.8. The molecule has 76 valence electrons. The van der Waals surface area contributed by atoms with Crippen molar-refractivity contribution in [3.05, 3.63) is 46.5 Å². The first-order chi connectivity index (χ1) is 7.24. The summed E-state index contributed by atoms with van der Waals surface area (Å²) in [6, 6.07) is 10.6. The summed E-state index contributed by atoms with van der Waals surface area (Å²) in [5.74, 6) is 0.318. The van der Waals surface area contributed by atoms with Crippen LogP contribution in [0, 0.1) is 10.1 Å². The standard InChI is InChI=1S/C11H9NO3/c1-15-11-9-5-3-2-4-8(9)6-7-10(11)12(13)14/h2-7H,1H3. The largest absolute Gasteiger partial charge is 0.490 e. The van der Waals surface area contributed by atoms with E-state index < -0.39 is 4.92 Å². The van der Waals surface area contributed by atoms with Crippen molar-refractivity contribution < 1.29 is 9.66 Å². The summed E-state index contributed by atoms with van der Waals surface area (Å²) in [7, 11) is 1.44. The number of ether oxygens (including phenoxy) is 1. The molecule has 4 nitrogen and oxygen atoms in total. The van der Waals surface area contributed by atoms with Crippen molar-refractivity contribution in [2.45, 2.75) is 0 Å². The minimum absolute atomic E-state index is 0.00352. The molecule has 0 saturated heterocycles. The van der Waals surface area contributed by atoms with E-state index in [1.807, 2.05) is 18.2 Å². The van der Waals surface area contributed by atoms with Crippen molar-refractivity contribution in [3.63, 3.8) is 0 Å². The predicted molar refractivity (Wildman–Crippen MR) is 57.2 cm³/mol. The Morgan fingerprint density at radius 3 is 2.60 bits per heavy atom. The van der Waals surface area contributed by atoms with Crippen LogP contribution < -0.4 is 4.74 Å². The monoisotopic (exact) mass is 203 g/mol. The van der Waals surface area contributed by atoms with E-state index in [1.165, 1.54) is 13.2 Å². The van der Waals surface area contributed by atoms with Gasteiger partial charge in [0.05, 0.1) is 12.0 Å². The molecule has 0 aliphatic carbocycles. The third-order valence-electron chi connectivity index (χ3n) is 2.26.